The first-order valence-electron chi connectivity index (χ1n) is 12.1. The molecule has 0 saturated carbocycles. The number of anilines is 4. The molecular formula is C26H20F3N9O2P+. The van der Waals surface area contributed by atoms with Crippen LogP contribution in [0.4, 0.5) is 36.3 Å². The summed E-state index contributed by atoms with van der Waals surface area (Å²) in [5.41, 5.74) is 3.75. The zero-order valence-corrected chi connectivity index (χ0v) is 22.1. The molecule has 0 bridgehead atoms. The molecule has 4 heterocycles. The normalized spacial score (nSPS) is 11.8. The van der Waals surface area contributed by atoms with Gasteiger partial charge in [0.15, 0.2) is 22.1 Å². The number of nitrogens with zero attached hydrogens (tertiary/aromatic N) is 5. The highest BCUT2D eigenvalue weighted by atomic mass is 31.1. The molecule has 0 spiro atoms. The zero-order chi connectivity index (χ0) is 28.6. The Bertz CT molecular complexity index is 1910. The van der Waals surface area contributed by atoms with Gasteiger partial charge in [-0.15, -0.1) is 4.68 Å². The van der Waals surface area contributed by atoms with Gasteiger partial charge in [0.1, 0.15) is 22.7 Å². The number of halogens is 3. The highest BCUT2D eigenvalue weighted by Gasteiger charge is 2.29. The average molecular weight is 578 g/mol. The second-order valence-corrected chi connectivity index (χ2v) is 9.58. The Kier molecular flexibility index (Phi) is 6.67. The van der Waals surface area contributed by atoms with Crippen LogP contribution in [0, 0.1) is 0 Å². The number of rotatable bonds is 8. The predicted molar refractivity (Wildman–Crippen MR) is 146 cm³/mol. The van der Waals surface area contributed by atoms with E-state index in [4.69, 9.17) is 4.74 Å². The molecule has 41 heavy (non-hydrogen) atoms. The first-order valence-corrected chi connectivity index (χ1v) is 12.9. The fourth-order valence-electron chi connectivity index (χ4n) is 4.26. The summed E-state index contributed by atoms with van der Waals surface area (Å²) in [7, 11) is 1.54. The molecule has 0 aliphatic rings. The topological polar surface area (TPSA) is 137 Å². The lowest BCUT2D eigenvalue weighted by atomic mass is 10.1. The Morgan fingerprint density at radius 3 is 2.66 bits per heavy atom. The maximum absolute atomic E-state index is 13.0. The summed E-state index contributed by atoms with van der Waals surface area (Å²) in [5.74, 6) is 0.410. The first-order chi connectivity index (χ1) is 19.8. The summed E-state index contributed by atoms with van der Waals surface area (Å²) < 4.78 is 57.9. The van der Waals surface area contributed by atoms with Crippen molar-refractivity contribution < 1.29 is 27.2 Å². The van der Waals surface area contributed by atoms with Gasteiger partial charge in [0, 0.05) is 18.6 Å². The number of nitrogens with one attached hydrogen (secondary N) is 4. The van der Waals surface area contributed by atoms with Gasteiger partial charge >= 0.3 is 6.18 Å². The number of hydrogen-bond donors (Lipinski definition) is 4. The molecule has 15 heteroatoms. The van der Waals surface area contributed by atoms with Gasteiger partial charge < -0.3 is 20.4 Å². The number of H-pyrrole nitrogens is 2. The van der Waals surface area contributed by atoms with Crippen molar-refractivity contribution in [3.05, 3.63) is 67.4 Å². The van der Waals surface area contributed by atoms with E-state index >= 15 is 0 Å². The van der Waals surface area contributed by atoms with Gasteiger partial charge in [-0.05, 0) is 35.9 Å². The summed E-state index contributed by atoms with van der Waals surface area (Å²) in [6.07, 6.45) is 3.81. The zero-order valence-electron chi connectivity index (χ0n) is 21.2. The fourth-order valence-corrected chi connectivity index (χ4v) is 4.75. The van der Waals surface area contributed by atoms with E-state index in [2.05, 4.69) is 40.7 Å². The summed E-state index contributed by atoms with van der Waals surface area (Å²) in [6.45, 7) is -1.47. The van der Waals surface area contributed by atoms with Crippen molar-refractivity contribution in [1.29, 1.82) is 0 Å². The third-order valence-electron chi connectivity index (χ3n) is 6.08. The van der Waals surface area contributed by atoms with Crippen molar-refractivity contribution in [1.82, 2.24) is 30.0 Å². The highest BCUT2D eigenvalue weighted by Crippen LogP contribution is 2.34. The van der Waals surface area contributed by atoms with Gasteiger partial charge in [-0.1, -0.05) is 6.07 Å². The van der Waals surface area contributed by atoms with Gasteiger partial charge in [0.05, 0.1) is 39.3 Å². The van der Waals surface area contributed by atoms with Crippen molar-refractivity contribution >= 4 is 59.0 Å². The summed E-state index contributed by atoms with van der Waals surface area (Å²) in [4.78, 5) is 20.7. The number of alkyl halides is 3. The van der Waals surface area contributed by atoms with Crippen molar-refractivity contribution in [2.24, 2.45) is 7.05 Å². The fraction of sp³-hybridized carbons (Fsp3) is 0.115. The van der Waals surface area contributed by atoms with Crippen LogP contribution in [0.25, 0.3) is 33.2 Å². The van der Waals surface area contributed by atoms with Crippen molar-refractivity contribution in [3.63, 3.8) is 0 Å². The molecule has 0 radical (unpaired) electrons. The second-order valence-electron chi connectivity index (χ2n) is 8.95. The Labute approximate surface area is 231 Å². The molecule has 0 aliphatic carbocycles. The smallest absolute Gasteiger partial charge is 0.422 e. The third kappa shape index (κ3) is 5.50. The van der Waals surface area contributed by atoms with Gasteiger partial charge in [0.25, 0.3) is 0 Å². The number of ether oxygens (including phenoxy) is 1. The van der Waals surface area contributed by atoms with Crippen LogP contribution in [-0.2, 0) is 11.6 Å². The van der Waals surface area contributed by atoms with Crippen molar-refractivity contribution in [2.45, 2.75) is 6.18 Å². The SMILES string of the molecule is C[n+]1cc(-c2ccc(OCC(F)(F)F)c(Nc3nc(Nc4ccc5nccnc5c4P=O)c4cc[nH]c4n3)c2)c[nH]1. The quantitative estimate of drug-likeness (QED) is 0.145. The van der Waals surface area contributed by atoms with E-state index in [0.29, 0.717) is 38.9 Å². The van der Waals surface area contributed by atoms with E-state index < -0.39 is 12.8 Å². The lowest BCUT2D eigenvalue weighted by molar-refractivity contribution is -0.726. The van der Waals surface area contributed by atoms with Crippen LogP contribution in [0.3, 0.4) is 0 Å². The Balaban J connectivity index is 1.40. The lowest BCUT2D eigenvalue weighted by Crippen LogP contribution is -2.27. The average Bonchev–Trinajstić information content (AvgIpc) is 3.61. The van der Waals surface area contributed by atoms with Crippen molar-refractivity contribution in [3.8, 4) is 16.9 Å². The minimum absolute atomic E-state index is 0.0313. The number of aromatic amines is 2. The largest absolute Gasteiger partial charge is 0.482 e. The lowest BCUT2D eigenvalue weighted by Gasteiger charge is -2.16. The van der Waals surface area contributed by atoms with Gasteiger partial charge in [-0.3, -0.25) is 14.5 Å². The Morgan fingerprint density at radius 1 is 1.02 bits per heavy atom. The molecule has 6 rings (SSSR count). The van der Waals surface area contributed by atoms with E-state index in [9.17, 15) is 17.7 Å². The maximum atomic E-state index is 13.0. The highest BCUT2D eigenvalue weighted by molar-refractivity contribution is 7.35. The molecule has 0 aliphatic heterocycles. The summed E-state index contributed by atoms with van der Waals surface area (Å²) >= 11 is 0. The molecule has 0 atom stereocenters. The third-order valence-corrected chi connectivity index (χ3v) is 6.72. The van der Waals surface area contributed by atoms with Crippen LogP contribution in [0.5, 0.6) is 5.75 Å². The van der Waals surface area contributed by atoms with E-state index in [-0.39, 0.29) is 25.8 Å². The number of aromatic nitrogens is 7. The van der Waals surface area contributed by atoms with Crippen LogP contribution in [0.15, 0.2) is 67.4 Å². The van der Waals surface area contributed by atoms with Gasteiger partial charge in [-0.2, -0.15) is 28.2 Å². The minimum Gasteiger partial charge on any atom is -0.482 e. The molecule has 0 amide bonds. The molecule has 0 unspecified atom stereocenters. The molecule has 4 aromatic heterocycles. The first kappa shape index (κ1) is 26.1. The number of benzene rings is 2. The summed E-state index contributed by atoms with van der Waals surface area (Å²) in [5, 5.41) is 10.2. The standard InChI is InChI=1S/C26H19F3N9O2P/c1-38-12-15(11-33-38)14-2-5-20(40-13-26(27,28)29)19(10-14)35-25-36-23-16(6-7-32-23)24(37-25)34-18-4-3-17-21(22(18)41-39)31-9-8-30-17/h2-12H,13H2,1H3,(H3,30,31,32,34,35,36,37,39)/p+1. The minimum atomic E-state index is -4.52. The van der Waals surface area contributed by atoms with E-state index in [0.717, 1.165) is 11.1 Å². The van der Waals surface area contributed by atoms with Gasteiger partial charge in [-0.25, -0.2) is 0 Å². The Morgan fingerprint density at radius 2 is 1.88 bits per heavy atom. The molecular weight excluding hydrogens is 558 g/mol. The number of hydrogen-bond acceptors (Lipinski definition) is 8. The van der Waals surface area contributed by atoms with Crippen LogP contribution in [0.2, 0.25) is 0 Å². The molecule has 6 aromatic rings. The van der Waals surface area contributed by atoms with Crippen molar-refractivity contribution in [2.75, 3.05) is 17.2 Å². The molecule has 2 aromatic carbocycles. The Hall–Kier alpha value is -5.10. The molecule has 11 nitrogen and oxygen atoms in total. The molecule has 0 fully saturated rings. The van der Waals surface area contributed by atoms with Gasteiger partial charge in [0.2, 0.25) is 12.1 Å². The van der Waals surface area contributed by atoms with E-state index in [1.807, 2.05) is 13.2 Å². The summed E-state index contributed by atoms with van der Waals surface area (Å²) in [6, 6.07) is 9.99. The number of aryl methyl sites for hydroxylation is 1. The predicted octanol–water partition coefficient (Wildman–Crippen LogP) is 5.07. The molecule has 206 valence electrons. The number of fused-ring (bicyclic) bond motifs is 2. The van der Waals surface area contributed by atoms with Crippen LogP contribution in [-0.4, -0.2) is 42.8 Å². The van der Waals surface area contributed by atoms with E-state index in [1.165, 1.54) is 12.3 Å². The monoisotopic (exact) mass is 578 g/mol. The molecule has 4 N–H and O–H groups in total. The van der Waals surface area contributed by atoms with Crippen LogP contribution < -0.4 is 25.4 Å². The second kappa shape index (κ2) is 10.5. The van der Waals surface area contributed by atoms with Crippen LogP contribution in [0.1, 0.15) is 0 Å². The molecule has 0 saturated heterocycles. The van der Waals surface area contributed by atoms with E-state index in [1.54, 1.807) is 53.6 Å². The maximum Gasteiger partial charge on any atom is 0.422 e. The van der Waals surface area contributed by atoms with Crippen LogP contribution >= 0.6 is 8.46 Å².